The van der Waals surface area contributed by atoms with Crippen molar-refractivity contribution >= 4 is 11.3 Å². The van der Waals surface area contributed by atoms with Crippen LogP contribution in [0.3, 0.4) is 0 Å². The Morgan fingerprint density at radius 3 is 2.87 bits per heavy atom. The summed E-state index contributed by atoms with van der Waals surface area (Å²) in [6, 6.07) is 2.67. The smallest absolute Gasteiger partial charge is 0.0109 e. The second-order valence-electron chi connectivity index (χ2n) is 4.82. The van der Waals surface area contributed by atoms with E-state index < -0.39 is 0 Å². The van der Waals surface area contributed by atoms with E-state index in [-0.39, 0.29) is 0 Å². The van der Waals surface area contributed by atoms with E-state index in [9.17, 15) is 0 Å². The van der Waals surface area contributed by atoms with E-state index in [0.29, 0.717) is 6.04 Å². The Morgan fingerprint density at radius 1 is 1.47 bits per heavy atom. The lowest BCUT2D eigenvalue weighted by Gasteiger charge is -2.34. The SMILES string of the molecule is CCC1CCC(N)CC1c1sccc1C. The van der Waals surface area contributed by atoms with Gasteiger partial charge in [0.2, 0.25) is 0 Å². The van der Waals surface area contributed by atoms with Gasteiger partial charge in [-0.25, -0.2) is 0 Å². The van der Waals surface area contributed by atoms with E-state index in [2.05, 4.69) is 25.3 Å². The van der Waals surface area contributed by atoms with Gasteiger partial charge in [-0.2, -0.15) is 0 Å². The van der Waals surface area contributed by atoms with Crippen molar-refractivity contribution in [3.8, 4) is 0 Å². The lowest BCUT2D eigenvalue weighted by Crippen LogP contribution is -2.31. The molecule has 0 radical (unpaired) electrons. The van der Waals surface area contributed by atoms with Crippen molar-refractivity contribution in [1.29, 1.82) is 0 Å². The first-order valence-corrected chi connectivity index (χ1v) is 6.90. The van der Waals surface area contributed by atoms with Crippen molar-refractivity contribution in [1.82, 2.24) is 0 Å². The molecule has 15 heavy (non-hydrogen) atoms. The van der Waals surface area contributed by atoms with Crippen LogP contribution in [0, 0.1) is 12.8 Å². The first-order valence-electron chi connectivity index (χ1n) is 6.02. The van der Waals surface area contributed by atoms with Crippen molar-refractivity contribution in [2.75, 3.05) is 0 Å². The molecule has 2 rings (SSSR count). The van der Waals surface area contributed by atoms with Gasteiger partial charge in [0, 0.05) is 10.9 Å². The van der Waals surface area contributed by atoms with Crippen LogP contribution in [0.15, 0.2) is 11.4 Å². The summed E-state index contributed by atoms with van der Waals surface area (Å²) in [5, 5.41) is 2.22. The number of hydrogen-bond acceptors (Lipinski definition) is 2. The molecule has 1 nitrogen and oxygen atoms in total. The molecule has 3 unspecified atom stereocenters. The Morgan fingerprint density at radius 2 is 2.27 bits per heavy atom. The molecule has 0 spiro atoms. The molecule has 2 heteroatoms. The normalized spacial score (nSPS) is 31.8. The van der Waals surface area contributed by atoms with Crippen molar-refractivity contribution in [3.63, 3.8) is 0 Å². The number of rotatable bonds is 2. The van der Waals surface area contributed by atoms with Crippen LogP contribution in [-0.2, 0) is 0 Å². The van der Waals surface area contributed by atoms with Crippen LogP contribution in [0.2, 0.25) is 0 Å². The Hall–Kier alpha value is -0.340. The summed E-state index contributed by atoms with van der Waals surface area (Å²) in [6.45, 7) is 4.55. The molecule has 1 aliphatic rings. The van der Waals surface area contributed by atoms with E-state index in [1.54, 1.807) is 4.88 Å². The summed E-state index contributed by atoms with van der Waals surface area (Å²) in [6.07, 6.45) is 5.04. The highest BCUT2D eigenvalue weighted by Gasteiger charge is 2.30. The molecule has 1 aromatic heterocycles. The highest BCUT2D eigenvalue weighted by molar-refractivity contribution is 7.10. The van der Waals surface area contributed by atoms with Crippen LogP contribution in [0.25, 0.3) is 0 Å². The Labute approximate surface area is 96.7 Å². The summed E-state index contributed by atoms with van der Waals surface area (Å²) < 4.78 is 0. The third-order valence-electron chi connectivity index (χ3n) is 3.80. The van der Waals surface area contributed by atoms with Crippen molar-refractivity contribution in [2.45, 2.75) is 51.5 Å². The van der Waals surface area contributed by atoms with Crippen molar-refractivity contribution < 1.29 is 0 Å². The van der Waals surface area contributed by atoms with Gasteiger partial charge in [0.25, 0.3) is 0 Å². The number of thiophene rings is 1. The average molecular weight is 223 g/mol. The van der Waals surface area contributed by atoms with Gasteiger partial charge in [-0.3, -0.25) is 0 Å². The second kappa shape index (κ2) is 4.67. The summed E-state index contributed by atoms with van der Waals surface area (Å²) in [4.78, 5) is 1.59. The van der Waals surface area contributed by atoms with Gasteiger partial charge in [0.1, 0.15) is 0 Å². The third kappa shape index (κ3) is 2.26. The maximum atomic E-state index is 6.10. The van der Waals surface area contributed by atoms with E-state index in [0.717, 1.165) is 11.8 Å². The maximum absolute atomic E-state index is 6.10. The monoisotopic (exact) mass is 223 g/mol. The predicted molar refractivity (Wildman–Crippen MR) is 67.4 cm³/mol. The largest absolute Gasteiger partial charge is 0.328 e. The summed E-state index contributed by atoms with van der Waals surface area (Å²) >= 11 is 1.92. The average Bonchev–Trinajstić information content (AvgIpc) is 2.64. The quantitative estimate of drug-likeness (QED) is 0.813. The molecular formula is C13H21NS. The van der Waals surface area contributed by atoms with Gasteiger partial charge in [0.15, 0.2) is 0 Å². The van der Waals surface area contributed by atoms with Crippen LogP contribution in [-0.4, -0.2) is 6.04 Å². The predicted octanol–water partition coefficient (Wildman–Crippen LogP) is 3.68. The summed E-state index contributed by atoms with van der Waals surface area (Å²) in [5.74, 6) is 1.60. The molecule has 0 saturated heterocycles. The molecule has 0 aromatic carbocycles. The molecule has 1 heterocycles. The molecule has 0 aliphatic heterocycles. The van der Waals surface area contributed by atoms with Gasteiger partial charge in [0.05, 0.1) is 0 Å². The zero-order chi connectivity index (χ0) is 10.8. The lowest BCUT2D eigenvalue weighted by atomic mass is 9.74. The molecule has 1 aliphatic carbocycles. The van der Waals surface area contributed by atoms with Gasteiger partial charge in [-0.15, -0.1) is 11.3 Å². The van der Waals surface area contributed by atoms with E-state index in [1.165, 1.54) is 31.2 Å². The minimum atomic E-state index is 0.430. The zero-order valence-electron chi connectivity index (χ0n) is 9.70. The van der Waals surface area contributed by atoms with Crippen molar-refractivity contribution in [3.05, 3.63) is 21.9 Å². The van der Waals surface area contributed by atoms with Crippen LogP contribution in [0.1, 0.15) is 49.0 Å². The first kappa shape index (κ1) is 11.2. The zero-order valence-corrected chi connectivity index (χ0v) is 10.5. The molecule has 0 bridgehead atoms. The molecule has 2 N–H and O–H groups in total. The summed E-state index contributed by atoms with van der Waals surface area (Å²) in [7, 11) is 0. The number of hydrogen-bond donors (Lipinski definition) is 1. The Bertz CT molecular complexity index is 318. The van der Waals surface area contributed by atoms with Crippen LogP contribution in [0.5, 0.6) is 0 Å². The fraction of sp³-hybridized carbons (Fsp3) is 0.692. The minimum absolute atomic E-state index is 0.430. The topological polar surface area (TPSA) is 26.0 Å². The molecular weight excluding hydrogens is 202 g/mol. The summed E-state index contributed by atoms with van der Waals surface area (Å²) in [5.41, 5.74) is 7.57. The van der Waals surface area contributed by atoms with E-state index in [4.69, 9.17) is 5.73 Å². The van der Waals surface area contributed by atoms with Gasteiger partial charge >= 0.3 is 0 Å². The standard InChI is InChI=1S/C13H21NS/c1-3-10-4-5-11(14)8-12(10)13-9(2)6-7-15-13/h6-7,10-12H,3-5,8,14H2,1-2H3. The maximum Gasteiger partial charge on any atom is 0.0109 e. The highest BCUT2D eigenvalue weighted by atomic mass is 32.1. The number of nitrogens with two attached hydrogens (primary N) is 1. The Balaban J connectivity index is 2.20. The Kier molecular flexibility index (Phi) is 3.47. The van der Waals surface area contributed by atoms with E-state index >= 15 is 0 Å². The van der Waals surface area contributed by atoms with Gasteiger partial charge in [-0.1, -0.05) is 13.3 Å². The molecule has 84 valence electrons. The number of aryl methyl sites for hydroxylation is 1. The molecule has 1 aromatic rings. The van der Waals surface area contributed by atoms with Gasteiger partial charge in [-0.05, 0) is 55.0 Å². The molecule has 0 amide bonds. The van der Waals surface area contributed by atoms with Crippen LogP contribution in [0.4, 0.5) is 0 Å². The first-order chi connectivity index (χ1) is 7.22. The fourth-order valence-electron chi connectivity index (χ4n) is 2.84. The van der Waals surface area contributed by atoms with E-state index in [1.807, 2.05) is 11.3 Å². The third-order valence-corrected chi connectivity index (χ3v) is 4.95. The highest BCUT2D eigenvalue weighted by Crippen LogP contribution is 2.42. The second-order valence-corrected chi connectivity index (χ2v) is 5.76. The molecule has 1 fully saturated rings. The lowest BCUT2D eigenvalue weighted by molar-refractivity contribution is 0.276. The minimum Gasteiger partial charge on any atom is -0.328 e. The van der Waals surface area contributed by atoms with Crippen LogP contribution >= 0.6 is 11.3 Å². The fourth-order valence-corrected chi connectivity index (χ4v) is 3.98. The van der Waals surface area contributed by atoms with Crippen molar-refractivity contribution in [2.24, 2.45) is 11.7 Å². The molecule has 1 saturated carbocycles. The molecule has 3 atom stereocenters. The van der Waals surface area contributed by atoms with Crippen LogP contribution < -0.4 is 5.73 Å². The van der Waals surface area contributed by atoms with Gasteiger partial charge < -0.3 is 5.73 Å².